The van der Waals surface area contributed by atoms with Crippen LogP contribution < -0.4 is 14.8 Å². The van der Waals surface area contributed by atoms with Gasteiger partial charge < -0.3 is 24.6 Å². The van der Waals surface area contributed by atoms with E-state index in [2.05, 4.69) is 10.4 Å². The van der Waals surface area contributed by atoms with Crippen LogP contribution in [0, 0.1) is 0 Å². The fourth-order valence-electron chi connectivity index (χ4n) is 5.68. The van der Waals surface area contributed by atoms with Crippen LogP contribution in [0.1, 0.15) is 64.5 Å². The first-order chi connectivity index (χ1) is 21.0. The summed E-state index contributed by atoms with van der Waals surface area (Å²) in [6, 6.07) is 24.1. The number of carboxylic acid groups (broad SMARTS) is 1. The van der Waals surface area contributed by atoms with E-state index in [4.69, 9.17) is 14.2 Å². The van der Waals surface area contributed by atoms with Crippen molar-refractivity contribution >= 4 is 11.9 Å². The molecular weight excluding hydrogens is 546 g/mol. The number of nitrogens with zero attached hydrogens (tertiary/aromatic N) is 2. The maximum atomic E-state index is 13.6. The number of fused-ring (bicyclic) bond motifs is 1. The Bertz CT molecular complexity index is 1550. The minimum Gasteiger partial charge on any atom is -0.485 e. The Balaban J connectivity index is 1.20. The second-order valence-electron chi connectivity index (χ2n) is 11.0. The summed E-state index contributed by atoms with van der Waals surface area (Å²) in [4.78, 5) is 25.4. The summed E-state index contributed by atoms with van der Waals surface area (Å²) in [6.45, 7) is 0.830. The number of carbonyl (C=O) groups excluding carboxylic acids is 1. The zero-order chi connectivity index (χ0) is 29.6. The summed E-state index contributed by atoms with van der Waals surface area (Å²) >= 11 is 0. The zero-order valence-electron chi connectivity index (χ0n) is 23.9. The highest BCUT2D eigenvalue weighted by Crippen LogP contribution is 2.37. The molecule has 0 spiro atoms. The first-order valence-corrected chi connectivity index (χ1v) is 14.7. The molecule has 3 aromatic carbocycles. The van der Waals surface area contributed by atoms with Crippen LogP contribution in [-0.2, 0) is 35.7 Å². The molecule has 6 rings (SSSR count). The first-order valence-electron chi connectivity index (χ1n) is 14.7. The van der Waals surface area contributed by atoms with Crippen LogP contribution in [-0.4, -0.2) is 38.9 Å². The number of carboxylic acids is 1. The van der Waals surface area contributed by atoms with Crippen molar-refractivity contribution in [2.75, 3.05) is 0 Å². The van der Waals surface area contributed by atoms with Gasteiger partial charge in [-0.15, -0.1) is 0 Å². The molecule has 9 heteroatoms. The number of nitrogens with one attached hydrogen (secondary N) is 1. The van der Waals surface area contributed by atoms with E-state index in [1.807, 2.05) is 72.8 Å². The van der Waals surface area contributed by atoms with Gasteiger partial charge in [-0.3, -0.25) is 9.59 Å². The largest absolute Gasteiger partial charge is 0.485 e. The van der Waals surface area contributed by atoms with Gasteiger partial charge in [0.1, 0.15) is 24.9 Å². The van der Waals surface area contributed by atoms with E-state index in [0.717, 1.165) is 47.9 Å². The molecule has 0 amide bonds. The molecular formula is C34H35N3O6. The van der Waals surface area contributed by atoms with Gasteiger partial charge in [-0.25, -0.2) is 4.68 Å². The summed E-state index contributed by atoms with van der Waals surface area (Å²) in [6.07, 6.45) is 5.35. The minimum atomic E-state index is -0.910. The Hall–Kier alpha value is -4.47. The van der Waals surface area contributed by atoms with Crippen molar-refractivity contribution in [3.8, 4) is 11.5 Å². The molecule has 43 heavy (non-hydrogen) atoms. The van der Waals surface area contributed by atoms with E-state index in [9.17, 15) is 14.7 Å². The molecule has 2 aliphatic rings. The van der Waals surface area contributed by atoms with Crippen LogP contribution in [0.4, 0.5) is 0 Å². The smallest absolute Gasteiger partial charge is 0.321 e. The third-order valence-electron chi connectivity index (χ3n) is 8.00. The molecule has 0 unspecified atom stereocenters. The second kappa shape index (κ2) is 13.2. The standard InChI is InChI=1S/C34H35N3O6/c38-33(31(24-11-5-2-6-12-24)43-27-13-7-8-14-27)37-18-17-26(36-37)22-41-30-16-15-25-20-35-29(34(39)40)19-28(25)32(30)42-21-23-9-3-1-4-10-23/h1-6,9-12,15-18,27,29,31,35H,7-8,13-14,19-22H2,(H,39,40)/t29-,31-/m0/s1. The molecule has 1 aromatic heterocycles. The highest BCUT2D eigenvalue weighted by Gasteiger charge is 2.30. The molecule has 1 fully saturated rings. The lowest BCUT2D eigenvalue weighted by Crippen LogP contribution is -2.41. The van der Waals surface area contributed by atoms with E-state index in [1.165, 1.54) is 4.68 Å². The predicted octanol–water partition coefficient (Wildman–Crippen LogP) is 5.48. The fourth-order valence-corrected chi connectivity index (χ4v) is 5.68. The van der Waals surface area contributed by atoms with Crippen molar-refractivity contribution in [3.05, 3.63) is 113 Å². The number of hydrogen-bond donors (Lipinski definition) is 2. The summed E-state index contributed by atoms with van der Waals surface area (Å²) in [5.41, 5.74) is 4.14. The Morgan fingerprint density at radius 3 is 2.42 bits per heavy atom. The molecule has 0 saturated heterocycles. The van der Waals surface area contributed by atoms with Crippen molar-refractivity contribution < 1.29 is 28.9 Å². The van der Waals surface area contributed by atoms with E-state index in [1.54, 1.807) is 12.3 Å². The number of hydrogen-bond acceptors (Lipinski definition) is 7. The molecule has 2 atom stereocenters. The molecule has 1 aliphatic heterocycles. The minimum absolute atomic E-state index is 0.0572. The van der Waals surface area contributed by atoms with Gasteiger partial charge >= 0.3 is 5.97 Å². The lowest BCUT2D eigenvalue weighted by molar-refractivity contribution is -0.139. The van der Waals surface area contributed by atoms with Crippen molar-refractivity contribution in [2.24, 2.45) is 0 Å². The predicted molar refractivity (Wildman–Crippen MR) is 159 cm³/mol. The number of aromatic nitrogens is 2. The van der Waals surface area contributed by atoms with Gasteiger partial charge in [-0.2, -0.15) is 5.10 Å². The Morgan fingerprint density at radius 2 is 1.67 bits per heavy atom. The van der Waals surface area contributed by atoms with Crippen molar-refractivity contribution in [1.29, 1.82) is 0 Å². The van der Waals surface area contributed by atoms with Gasteiger partial charge in [0, 0.05) is 24.7 Å². The molecule has 4 aromatic rings. The number of benzene rings is 3. The van der Waals surface area contributed by atoms with Crippen molar-refractivity contribution in [3.63, 3.8) is 0 Å². The Labute approximate surface area is 250 Å². The van der Waals surface area contributed by atoms with Gasteiger partial charge in [0.05, 0.1) is 6.10 Å². The van der Waals surface area contributed by atoms with Gasteiger partial charge in [0.15, 0.2) is 17.6 Å². The topological polar surface area (TPSA) is 112 Å². The van der Waals surface area contributed by atoms with Gasteiger partial charge in [0.25, 0.3) is 5.91 Å². The normalized spacial score (nSPS) is 17.3. The van der Waals surface area contributed by atoms with Crippen molar-refractivity contribution in [1.82, 2.24) is 15.1 Å². The van der Waals surface area contributed by atoms with Gasteiger partial charge in [-0.05, 0) is 41.7 Å². The average Bonchev–Trinajstić information content (AvgIpc) is 3.75. The van der Waals surface area contributed by atoms with Crippen LogP contribution in [0.2, 0.25) is 0 Å². The van der Waals surface area contributed by atoms with E-state index >= 15 is 0 Å². The number of ether oxygens (including phenoxy) is 3. The van der Waals surface area contributed by atoms with Crippen LogP contribution in [0.25, 0.3) is 0 Å². The second-order valence-corrected chi connectivity index (χ2v) is 11.0. The number of carbonyl (C=O) groups is 2. The van der Waals surface area contributed by atoms with Crippen molar-refractivity contribution in [2.45, 2.75) is 70.1 Å². The Morgan fingerprint density at radius 1 is 0.930 bits per heavy atom. The fraction of sp³-hybridized carbons (Fsp3) is 0.324. The Kier molecular flexibility index (Phi) is 8.81. The van der Waals surface area contributed by atoms with E-state index in [-0.39, 0.29) is 25.0 Å². The third kappa shape index (κ3) is 6.79. The van der Waals surface area contributed by atoms with E-state index < -0.39 is 18.1 Å². The first kappa shape index (κ1) is 28.6. The molecule has 222 valence electrons. The molecule has 0 radical (unpaired) electrons. The average molecular weight is 582 g/mol. The molecule has 2 heterocycles. The van der Waals surface area contributed by atoms with Gasteiger partial charge in [0.2, 0.25) is 0 Å². The quantitative estimate of drug-likeness (QED) is 0.240. The molecule has 1 saturated carbocycles. The maximum absolute atomic E-state index is 13.6. The highest BCUT2D eigenvalue weighted by atomic mass is 16.5. The molecule has 2 N–H and O–H groups in total. The summed E-state index contributed by atoms with van der Waals surface area (Å²) in [5.74, 6) is -0.142. The van der Waals surface area contributed by atoms with Crippen LogP contribution in [0.3, 0.4) is 0 Å². The molecule has 1 aliphatic carbocycles. The summed E-state index contributed by atoms with van der Waals surface area (Å²) in [7, 11) is 0. The molecule has 0 bridgehead atoms. The third-order valence-corrected chi connectivity index (χ3v) is 8.00. The lowest BCUT2D eigenvalue weighted by atomic mass is 9.94. The SMILES string of the molecule is O=C(O)[C@@H]1Cc2c(ccc(OCc3ccn(C(=O)[C@@H](OC4CCCC4)c4ccccc4)n3)c2OCc2ccccc2)CN1. The maximum Gasteiger partial charge on any atom is 0.321 e. The monoisotopic (exact) mass is 581 g/mol. The van der Waals surface area contributed by atoms with Crippen LogP contribution in [0.15, 0.2) is 85.1 Å². The van der Waals surface area contributed by atoms with Gasteiger partial charge in [-0.1, -0.05) is 79.6 Å². The lowest BCUT2D eigenvalue weighted by Gasteiger charge is -2.26. The van der Waals surface area contributed by atoms with Crippen LogP contribution in [0.5, 0.6) is 11.5 Å². The highest BCUT2D eigenvalue weighted by molar-refractivity contribution is 5.84. The number of rotatable bonds is 11. The van der Waals surface area contributed by atoms with E-state index in [0.29, 0.717) is 30.3 Å². The van der Waals surface area contributed by atoms with Crippen LogP contribution >= 0.6 is 0 Å². The summed E-state index contributed by atoms with van der Waals surface area (Å²) in [5, 5.41) is 17.2. The zero-order valence-corrected chi connectivity index (χ0v) is 23.9. The summed E-state index contributed by atoms with van der Waals surface area (Å²) < 4.78 is 20.1. The molecule has 9 nitrogen and oxygen atoms in total. The number of aliphatic carboxylic acids is 1.